The second kappa shape index (κ2) is 9.30. The zero-order valence-corrected chi connectivity index (χ0v) is 18.1. The zero-order chi connectivity index (χ0) is 20.9. The molecule has 1 aliphatic rings. The number of ether oxygens (including phenoxy) is 2. The molecule has 0 N–H and O–H groups in total. The van der Waals surface area contributed by atoms with Gasteiger partial charge in [0, 0.05) is 18.3 Å². The molecule has 0 spiro atoms. The summed E-state index contributed by atoms with van der Waals surface area (Å²) in [6.45, 7) is 6.49. The van der Waals surface area contributed by atoms with Crippen LogP contribution < -0.4 is 14.4 Å². The van der Waals surface area contributed by atoms with Crippen LogP contribution in [0.15, 0.2) is 60.2 Å². The van der Waals surface area contributed by atoms with Crippen LogP contribution in [0.4, 0.5) is 5.69 Å². The van der Waals surface area contributed by atoms with Gasteiger partial charge in [-0.05, 0) is 54.8 Å². The fraction of sp³-hybridized carbons (Fsp3) is 0.333. The van der Waals surface area contributed by atoms with Gasteiger partial charge in [0.25, 0.3) is 0 Å². The Kier molecular flexibility index (Phi) is 6.33. The largest absolute Gasteiger partial charge is 0.494 e. The SMILES string of the molecule is CCOc1ccc(N2CC(Oc3ccc([C@H](C)CC(=O)c4cncs4)cc3)C2)cc1. The maximum Gasteiger partial charge on any atom is 0.175 e. The molecule has 1 aromatic heterocycles. The molecule has 0 unspecified atom stereocenters. The molecule has 1 atom stereocenters. The van der Waals surface area contributed by atoms with E-state index in [1.54, 1.807) is 11.7 Å². The molecule has 1 saturated heterocycles. The first-order chi connectivity index (χ1) is 14.6. The predicted molar refractivity (Wildman–Crippen MR) is 120 cm³/mol. The smallest absolute Gasteiger partial charge is 0.175 e. The fourth-order valence-corrected chi connectivity index (χ4v) is 4.13. The quantitative estimate of drug-likeness (QED) is 0.445. The molecule has 6 heteroatoms. The molecule has 0 saturated carbocycles. The molecule has 2 heterocycles. The molecule has 4 rings (SSSR count). The van der Waals surface area contributed by atoms with Crippen LogP contribution in [0.1, 0.15) is 41.4 Å². The Balaban J connectivity index is 1.26. The van der Waals surface area contributed by atoms with Crippen molar-refractivity contribution in [3.8, 4) is 11.5 Å². The van der Waals surface area contributed by atoms with Crippen molar-refractivity contribution in [3.63, 3.8) is 0 Å². The van der Waals surface area contributed by atoms with Gasteiger partial charge in [0.05, 0.1) is 30.1 Å². The number of benzene rings is 2. The summed E-state index contributed by atoms with van der Waals surface area (Å²) in [7, 11) is 0. The Bertz CT molecular complexity index is 949. The Morgan fingerprint density at radius 1 is 1.13 bits per heavy atom. The number of ketones is 1. The molecule has 1 aliphatic heterocycles. The van der Waals surface area contributed by atoms with Gasteiger partial charge in [-0.1, -0.05) is 19.1 Å². The molecule has 0 radical (unpaired) electrons. The number of nitrogens with zero attached hydrogens (tertiary/aromatic N) is 2. The van der Waals surface area contributed by atoms with Crippen LogP contribution in [-0.4, -0.2) is 36.6 Å². The zero-order valence-electron chi connectivity index (χ0n) is 17.3. The summed E-state index contributed by atoms with van der Waals surface area (Å²) < 4.78 is 11.6. The average Bonchev–Trinajstić information content (AvgIpc) is 3.27. The van der Waals surface area contributed by atoms with E-state index in [-0.39, 0.29) is 17.8 Å². The summed E-state index contributed by atoms with van der Waals surface area (Å²) >= 11 is 1.40. The lowest BCUT2D eigenvalue weighted by atomic mass is 9.95. The van der Waals surface area contributed by atoms with Gasteiger partial charge >= 0.3 is 0 Å². The highest BCUT2D eigenvalue weighted by Gasteiger charge is 2.28. The van der Waals surface area contributed by atoms with E-state index < -0.39 is 0 Å². The van der Waals surface area contributed by atoms with E-state index in [0.717, 1.165) is 35.0 Å². The minimum absolute atomic E-state index is 0.147. The van der Waals surface area contributed by atoms with E-state index in [2.05, 4.69) is 41.1 Å². The first kappa shape index (κ1) is 20.4. The van der Waals surface area contributed by atoms with Crippen LogP contribution in [-0.2, 0) is 0 Å². The molecule has 2 aromatic carbocycles. The van der Waals surface area contributed by atoms with Gasteiger partial charge in [-0.15, -0.1) is 11.3 Å². The number of hydrogen-bond acceptors (Lipinski definition) is 6. The van der Waals surface area contributed by atoms with Crippen molar-refractivity contribution >= 4 is 22.8 Å². The Labute approximate surface area is 181 Å². The summed E-state index contributed by atoms with van der Waals surface area (Å²) in [5.74, 6) is 2.08. The van der Waals surface area contributed by atoms with Crippen LogP contribution in [0, 0.1) is 0 Å². The third-order valence-electron chi connectivity index (χ3n) is 5.31. The minimum atomic E-state index is 0.147. The van der Waals surface area contributed by atoms with Crippen LogP contribution in [0.25, 0.3) is 0 Å². The normalized spacial score (nSPS) is 14.8. The number of aromatic nitrogens is 1. The molecule has 3 aromatic rings. The first-order valence-corrected chi connectivity index (χ1v) is 11.2. The van der Waals surface area contributed by atoms with E-state index in [1.807, 2.05) is 31.2 Å². The summed E-state index contributed by atoms with van der Waals surface area (Å²) in [4.78, 5) is 19.3. The second-order valence-corrected chi connectivity index (χ2v) is 8.42. The summed E-state index contributed by atoms with van der Waals surface area (Å²) in [6.07, 6.45) is 2.32. The van der Waals surface area contributed by atoms with Crippen molar-refractivity contribution in [1.29, 1.82) is 0 Å². The van der Waals surface area contributed by atoms with Crippen molar-refractivity contribution in [2.45, 2.75) is 32.3 Å². The molecule has 1 fully saturated rings. The summed E-state index contributed by atoms with van der Waals surface area (Å²) in [5.41, 5.74) is 4.03. The van der Waals surface area contributed by atoms with Gasteiger partial charge in [0.2, 0.25) is 0 Å². The summed E-state index contributed by atoms with van der Waals surface area (Å²) in [5, 5.41) is 0. The van der Waals surface area contributed by atoms with E-state index in [0.29, 0.717) is 13.0 Å². The predicted octanol–water partition coefficient (Wildman–Crippen LogP) is 5.19. The van der Waals surface area contributed by atoms with Gasteiger partial charge in [0.15, 0.2) is 5.78 Å². The topological polar surface area (TPSA) is 51.7 Å². The third kappa shape index (κ3) is 4.82. The first-order valence-electron chi connectivity index (χ1n) is 10.3. The second-order valence-electron chi connectivity index (χ2n) is 7.53. The molecule has 156 valence electrons. The van der Waals surface area contributed by atoms with Gasteiger partial charge in [-0.3, -0.25) is 9.78 Å². The van der Waals surface area contributed by atoms with Crippen LogP contribution in [0.2, 0.25) is 0 Å². The van der Waals surface area contributed by atoms with Crippen molar-refractivity contribution < 1.29 is 14.3 Å². The molecule has 5 nitrogen and oxygen atoms in total. The fourth-order valence-electron chi connectivity index (χ4n) is 3.56. The Hall–Kier alpha value is -2.86. The van der Waals surface area contributed by atoms with Gasteiger partial charge in [-0.2, -0.15) is 0 Å². The van der Waals surface area contributed by atoms with Crippen molar-refractivity contribution in [2.75, 3.05) is 24.6 Å². The highest BCUT2D eigenvalue weighted by molar-refractivity contribution is 7.11. The lowest BCUT2D eigenvalue weighted by molar-refractivity contribution is 0.0979. The molecule has 0 bridgehead atoms. The number of carbonyl (C=O) groups is 1. The lowest BCUT2D eigenvalue weighted by Crippen LogP contribution is -2.54. The third-order valence-corrected chi connectivity index (χ3v) is 6.13. The number of rotatable bonds is 9. The standard InChI is InChI=1S/C24H26N2O3S/c1-3-28-20-10-6-19(7-11-20)26-14-22(15-26)29-21-8-4-18(5-9-21)17(2)12-23(27)24-13-25-16-30-24/h4-11,13,16-17,22H,3,12,14-15H2,1-2H3/t17-/m1/s1. The average molecular weight is 423 g/mol. The van der Waals surface area contributed by atoms with Gasteiger partial charge < -0.3 is 14.4 Å². The summed E-state index contributed by atoms with van der Waals surface area (Å²) in [6, 6.07) is 16.3. The number of anilines is 1. The van der Waals surface area contributed by atoms with Crippen LogP contribution >= 0.6 is 11.3 Å². The number of carbonyl (C=O) groups excluding carboxylic acids is 1. The highest BCUT2D eigenvalue weighted by Crippen LogP contribution is 2.28. The molecular formula is C24H26N2O3S. The van der Waals surface area contributed by atoms with Gasteiger partial charge in [0.1, 0.15) is 17.6 Å². The maximum atomic E-state index is 12.3. The monoisotopic (exact) mass is 422 g/mol. The van der Waals surface area contributed by atoms with E-state index in [4.69, 9.17) is 9.47 Å². The van der Waals surface area contributed by atoms with E-state index in [1.165, 1.54) is 17.0 Å². The minimum Gasteiger partial charge on any atom is -0.494 e. The van der Waals surface area contributed by atoms with Crippen LogP contribution in [0.5, 0.6) is 11.5 Å². The Morgan fingerprint density at radius 2 is 1.83 bits per heavy atom. The van der Waals surface area contributed by atoms with E-state index in [9.17, 15) is 4.79 Å². The molecular weight excluding hydrogens is 396 g/mol. The van der Waals surface area contributed by atoms with Crippen molar-refractivity contribution in [2.24, 2.45) is 0 Å². The van der Waals surface area contributed by atoms with Crippen molar-refractivity contribution in [1.82, 2.24) is 4.98 Å². The van der Waals surface area contributed by atoms with Crippen LogP contribution in [0.3, 0.4) is 0 Å². The lowest BCUT2D eigenvalue weighted by Gasteiger charge is -2.40. The molecule has 0 aliphatic carbocycles. The maximum absolute atomic E-state index is 12.3. The highest BCUT2D eigenvalue weighted by atomic mass is 32.1. The Morgan fingerprint density at radius 3 is 2.47 bits per heavy atom. The number of hydrogen-bond donors (Lipinski definition) is 0. The molecule has 0 amide bonds. The van der Waals surface area contributed by atoms with Gasteiger partial charge in [-0.25, -0.2) is 0 Å². The van der Waals surface area contributed by atoms with E-state index >= 15 is 0 Å². The molecule has 30 heavy (non-hydrogen) atoms. The van der Waals surface area contributed by atoms with Crippen molar-refractivity contribution in [3.05, 3.63) is 70.7 Å². The number of Topliss-reactive ketones (excluding diaryl/α,β-unsaturated/α-hetero) is 1. The number of thiazole rings is 1.